The highest BCUT2D eigenvalue weighted by Crippen LogP contribution is 2.41. The lowest BCUT2D eigenvalue weighted by molar-refractivity contribution is -0.136. The van der Waals surface area contributed by atoms with E-state index in [-0.39, 0.29) is 30.9 Å². The van der Waals surface area contributed by atoms with Gasteiger partial charge in [0, 0.05) is 38.3 Å². The van der Waals surface area contributed by atoms with Crippen molar-refractivity contribution in [3.05, 3.63) is 70.9 Å². The first-order valence-electron chi connectivity index (χ1n) is 12.6. The van der Waals surface area contributed by atoms with E-state index < -0.39 is 18.0 Å². The largest absolute Gasteiger partial charge is 0.446 e. The molecule has 1 saturated carbocycles. The van der Waals surface area contributed by atoms with Gasteiger partial charge in [0.15, 0.2) is 0 Å². The number of amides is 4. The number of nitrogens with one attached hydrogen (secondary N) is 2. The predicted molar refractivity (Wildman–Crippen MR) is 134 cm³/mol. The fraction of sp³-hybridized carbons (Fsp3) is 0.357. The lowest BCUT2D eigenvalue weighted by Crippen LogP contribution is -2.52. The molecule has 6 rings (SSSR count). The summed E-state index contributed by atoms with van der Waals surface area (Å²) in [4.78, 5) is 50.6. The van der Waals surface area contributed by atoms with Gasteiger partial charge < -0.3 is 19.5 Å². The Morgan fingerprint density at radius 2 is 1.97 bits per heavy atom. The van der Waals surface area contributed by atoms with Gasteiger partial charge in [-0.05, 0) is 59.4 Å². The van der Waals surface area contributed by atoms with Crippen LogP contribution < -0.4 is 10.6 Å². The van der Waals surface area contributed by atoms with Crippen molar-refractivity contribution in [1.29, 1.82) is 0 Å². The molecule has 0 bridgehead atoms. The summed E-state index contributed by atoms with van der Waals surface area (Å²) in [5, 5.41) is 6.32. The number of aryl methyl sites for hydroxylation is 1. The number of nitrogens with zero attached hydrogens (tertiary/aromatic N) is 2. The summed E-state index contributed by atoms with van der Waals surface area (Å²) in [5.41, 5.74) is 4.65. The molecule has 1 saturated heterocycles. The van der Waals surface area contributed by atoms with Gasteiger partial charge in [-0.1, -0.05) is 30.3 Å². The fourth-order valence-electron chi connectivity index (χ4n) is 5.71. The van der Waals surface area contributed by atoms with Crippen molar-refractivity contribution in [2.45, 2.75) is 56.8 Å². The van der Waals surface area contributed by atoms with E-state index in [1.54, 1.807) is 6.07 Å². The number of carbonyl (C=O) groups is 4. The van der Waals surface area contributed by atoms with E-state index in [0.29, 0.717) is 24.4 Å². The SMILES string of the molecule is Cn1ccc2cccc(C3CC(OC(=O)NCc4ccc5c(c4)C(=O)N(C4CCC(=O)NC4=O)C5)C3)c21. The molecule has 9 heteroatoms. The summed E-state index contributed by atoms with van der Waals surface area (Å²) in [6.45, 7) is 0.562. The summed E-state index contributed by atoms with van der Waals surface area (Å²) >= 11 is 0. The van der Waals surface area contributed by atoms with Crippen LogP contribution in [0.1, 0.15) is 58.6 Å². The first-order valence-corrected chi connectivity index (χ1v) is 12.6. The molecule has 3 heterocycles. The van der Waals surface area contributed by atoms with Crippen LogP contribution in [0.2, 0.25) is 0 Å². The summed E-state index contributed by atoms with van der Waals surface area (Å²) in [7, 11) is 2.05. The van der Waals surface area contributed by atoms with Gasteiger partial charge in [-0.3, -0.25) is 19.7 Å². The summed E-state index contributed by atoms with van der Waals surface area (Å²) in [5.74, 6) is -0.606. The topological polar surface area (TPSA) is 110 Å². The maximum Gasteiger partial charge on any atom is 0.407 e. The van der Waals surface area contributed by atoms with Gasteiger partial charge in [0.1, 0.15) is 12.1 Å². The number of alkyl carbamates (subject to hydrolysis) is 1. The van der Waals surface area contributed by atoms with Gasteiger partial charge in [0.25, 0.3) is 5.91 Å². The van der Waals surface area contributed by atoms with Crippen LogP contribution in [0.4, 0.5) is 4.79 Å². The Labute approximate surface area is 213 Å². The summed E-state index contributed by atoms with van der Waals surface area (Å²) in [6.07, 6.45) is 3.60. The Morgan fingerprint density at radius 1 is 1.14 bits per heavy atom. The molecular formula is C28H28N4O5. The number of hydrogen-bond donors (Lipinski definition) is 2. The van der Waals surface area contributed by atoms with Crippen LogP contribution in [0, 0.1) is 0 Å². The minimum Gasteiger partial charge on any atom is -0.446 e. The third-order valence-electron chi connectivity index (χ3n) is 7.77. The number of rotatable bonds is 5. The van der Waals surface area contributed by atoms with Gasteiger partial charge in [-0.2, -0.15) is 0 Å². The minimum absolute atomic E-state index is 0.121. The quantitative estimate of drug-likeness (QED) is 0.523. The lowest BCUT2D eigenvalue weighted by atomic mass is 9.77. The van der Waals surface area contributed by atoms with Gasteiger partial charge >= 0.3 is 6.09 Å². The van der Waals surface area contributed by atoms with Crippen LogP contribution in [0.3, 0.4) is 0 Å². The smallest absolute Gasteiger partial charge is 0.407 e. The van der Waals surface area contributed by atoms with Crippen molar-refractivity contribution in [2.24, 2.45) is 7.05 Å². The number of benzene rings is 2. The van der Waals surface area contributed by atoms with Crippen LogP contribution in [0.5, 0.6) is 0 Å². The number of fused-ring (bicyclic) bond motifs is 2. The maximum absolute atomic E-state index is 13.0. The average Bonchev–Trinajstić information content (AvgIpc) is 3.40. The highest BCUT2D eigenvalue weighted by Gasteiger charge is 2.39. The normalized spacial score (nSPS) is 23.0. The molecule has 1 atom stereocenters. The molecule has 1 aliphatic carbocycles. The Hall–Kier alpha value is -4.14. The third kappa shape index (κ3) is 4.24. The lowest BCUT2D eigenvalue weighted by Gasteiger charge is -2.35. The van der Waals surface area contributed by atoms with Crippen molar-refractivity contribution < 1.29 is 23.9 Å². The van der Waals surface area contributed by atoms with E-state index in [9.17, 15) is 19.2 Å². The Balaban J connectivity index is 1.02. The van der Waals surface area contributed by atoms with Gasteiger partial charge in [-0.15, -0.1) is 0 Å². The zero-order valence-corrected chi connectivity index (χ0v) is 20.5. The zero-order chi connectivity index (χ0) is 25.7. The highest BCUT2D eigenvalue weighted by atomic mass is 16.6. The molecule has 2 aromatic carbocycles. The maximum atomic E-state index is 13.0. The second kappa shape index (κ2) is 9.06. The second-order valence-corrected chi connectivity index (χ2v) is 10.2. The van der Waals surface area contributed by atoms with Gasteiger partial charge in [0.2, 0.25) is 11.8 Å². The molecule has 190 valence electrons. The first kappa shape index (κ1) is 23.3. The molecule has 1 aromatic heterocycles. The number of aromatic nitrogens is 1. The molecule has 3 aliphatic rings. The number of para-hydroxylation sites is 1. The molecule has 9 nitrogen and oxygen atoms in total. The van der Waals surface area contributed by atoms with E-state index in [4.69, 9.17) is 4.74 Å². The predicted octanol–water partition coefficient (Wildman–Crippen LogP) is 3.11. The standard InChI is InChI=1S/C28H28N4O5/c1-31-10-9-17-3-2-4-21(25(17)31)19-12-20(13-19)37-28(36)29-14-16-5-6-18-15-32(27(35)22(18)11-16)23-7-8-24(33)30-26(23)34/h2-6,9-11,19-20,23H,7-8,12-15H2,1H3,(H,29,36)(H,30,33,34). The fourth-order valence-corrected chi connectivity index (χ4v) is 5.71. The number of piperidine rings is 1. The van der Waals surface area contributed by atoms with Gasteiger partial charge in [-0.25, -0.2) is 4.79 Å². The molecule has 3 aromatic rings. The molecule has 2 aliphatic heterocycles. The summed E-state index contributed by atoms with van der Waals surface area (Å²) in [6, 6.07) is 13.3. The van der Waals surface area contributed by atoms with Crippen LogP contribution in [0.25, 0.3) is 10.9 Å². The Kier molecular flexibility index (Phi) is 5.70. The number of hydrogen-bond acceptors (Lipinski definition) is 5. The Bertz CT molecular complexity index is 1440. The number of imide groups is 1. The average molecular weight is 501 g/mol. The first-order chi connectivity index (χ1) is 17.9. The third-order valence-corrected chi connectivity index (χ3v) is 7.77. The molecule has 4 amide bonds. The number of carbonyl (C=O) groups excluding carboxylic acids is 4. The second-order valence-electron chi connectivity index (χ2n) is 10.2. The van der Waals surface area contributed by atoms with Crippen LogP contribution >= 0.6 is 0 Å². The van der Waals surface area contributed by atoms with E-state index in [2.05, 4.69) is 45.7 Å². The van der Waals surface area contributed by atoms with E-state index in [1.165, 1.54) is 21.4 Å². The van der Waals surface area contributed by atoms with Crippen molar-refractivity contribution in [2.75, 3.05) is 0 Å². The molecule has 1 unspecified atom stereocenters. The Morgan fingerprint density at radius 3 is 2.78 bits per heavy atom. The number of ether oxygens (including phenoxy) is 1. The van der Waals surface area contributed by atoms with Crippen LogP contribution in [-0.4, -0.2) is 45.4 Å². The molecule has 37 heavy (non-hydrogen) atoms. The molecule has 0 spiro atoms. The van der Waals surface area contributed by atoms with Crippen LogP contribution in [0.15, 0.2) is 48.7 Å². The summed E-state index contributed by atoms with van der Waals surface area (Å²) < 4.78 is 7.75. The van der Waals surface area contributed by atoms with Gasteiger partial charge in [0.05, 0.1) is 5.52 Å². The molecular weight excluding hydrogens is 472 g/mol. The monoisotopic (exact) mass is 500 g/mol. The van der Waals surface area contributed by atoms with Crippen molar-refractivity contribution >= 4 is 34.7 Å². The molecule has 2 fully saturated rings. The van der Waals surface area contributed by atoms with Crippen molar-refractivity contribution in [1.82, 2.24) is 20.1 Å². The van der Waals surface area contributed by atoms with Crippen LogP contribution in [-0.2, 0) is 34.5 Å². The highest BCUT2D eigenvalue weighted by molar-refractivity contribution is 6.05. The van der Waals surface area contributed by atoms with Crippen molar-refractivity contribution in [3.8, 4) is 0 Å². The van der Waals surface area contributed by atoms with E-state index in [1.807, 2.05) is 19.2 Å². The van der Waals surface area contributed by atoms with E-state index in [0.717, 1.165) is 24.0 Å². The molecule has 0 radical (unpaired) electrons. The molecule has 2 N–H and O–H groups in total. The minimum atomic E-state index is -0.644. The zero-order valence-electron chi connectivity index (χ0n) is 20.5. The van der Waals surface area contributed by atoms with Crippen molar-refractivity contribution in [3.63, 3.8) is 0 Å². The van der Waals surface area contributed by atoms with E-state index >= 15 is 0 Å².